The van der Waals surface area contributed by atoms with Gasteiger partial charge in [-0.05, 0) is 49.1 Å². The van der Waals surface area contributed by atoms with E-state index in [1.807, 2.05) is 30.3 Å². The third-order valence-corrected chi connectivity index (χ3v) is 7.00. The van der Waals surface area contributed by atoms with E-state index in [1.165, 1.54) is 0 Å². The molecule has 0 spiro atoms. The molecular weight excluding hydrogens is 444 g/mol. The first kappa shape index (κ1) is 22.8. The summed E-state index contributed by atoms with van der Waals surface area (Å²) in [4.78, 5) is 40.8. The maximum absolute atomic E-state index is 13.0. The van der Waals surface area contributed by atoms with Gasteiger partial charge in [0.05, 0.1) is 12.8 Å². The Morgan fingerprint density at radius 1 is 1.14 bits per heavy atom. The minimum atomic E-state index is -0.628. The van der Waals surface area contributed by atoms with Crippen LogP contribution in [-0.2, 0) is 16.1 Å². The molecule has 3 amide bonds. The topological polar surface area (TPSA) is 105 Å². The normalized spacial score (nSPS) is 21.8. The predicted molar refractivity (Wildman–Crippen MR) is 132 cm³/mol. The lowest BCUT2D eigenvalue weighted by Gasteiger charge is -2.32. The van der Waals surface area contributed by atoms with Gasteiger partial charge < -0.3 is 20.3 Å². The van der Waals surface area contributed by atoms with Crippen LogP contribution in [0.2, 0.25) is 0 Å². The number of nitrogens with two attached hydrogens (primary N) is 1. The molecule has 0 aliphatic carbocycles. The highest BCUT2D eigenvalue weighted by Gasteiger charge is 2.39. The summed E-state index contributed by atoms with van der Waals surface area (Å²) >= 11 is 0. The summed E-state index contributed by atoms with van der Waals surface area (Å²) in [5, 5.41) is 2.35. The number of fused-ring (bicyclic) bond motifs is 1. The van der Waals surface area contributed by atoms with Crippen molar-refractivity contribution in [2.75, 3.05) is 30.8 Å². The molecule has 3 N–H and O–H groups in total. The van der Waals surface area contributed by atoms with Crippen LogP contribution in [0.15, 0.2) is 36.4 Å². The molecule has 2 fully saturated rings. The van der Waals surface area contributed by atoms with E-state index in [1.54, 1.807) is 18.1 Å². The van der Waals surface area contributed by atoms with Crippen molar-refractivity contribution in [3.8, 4) is 17.6 Å². The molecule has 35 heavy (non-hydrogen) atoms. The van der Waals surface area contributed by atoms with Gasteiger partial charge in [0.2, 0.25) is 11.8 Å². The van der Waals surface area contributed by atoms with Gasteiger partial charge in [0.15, 0.2) is 0 Å². The molecule has 1 unspecified atom stereocenters. The van der Waals surface area contributed by atoms with Crippen molar-refractivity contribution in [1.82, 2.24) is 10.2 Å². The van der Waals surface area contributed by atoms with E-state index < -0.39 is 11.9 Å². The molecule has 8 heteroatoms. The minimum absolute atomic E-state index is 0.181. The molecular formula is C27H28N4O4. The standard InChI is InChI=1S/C27H28N4O4/c1-35-24-14-19(9-10-22(24)28)30-13-3-4-17(15-30)7-8-18-5-2-6-20-21(18)16-31(27(20)34)23-11-12-25(32)29-26(23)33/h2,5-6,9-10,14,17,23H,3-4,11-13,15-16,28H2,1H3,(H,29,32,33)/t17-,23?/m1/s1. The Morgan fingerprint density at radius 2 is 2.00 bits per heavy atom. The molecule has 3 aliphatic heterocycles. The van der Waals surface area contributed by atoms with Crippen molar-refractivity contribution in [3.63, 3.8) is 0 Å². The van der Waals surface area contributed by atoms with Crippen molar-refractivity contribution in [2.24, 2.45) is 5.92 Å². The molecule has 3 heterocycles. The van der Waals surface area contributed by atoms with Crippen LogP contribution in [0.1, 0.15) is 47.2 Å². The highest BCUT2D eigenvalue weighted by atomic mass is 16.5. The molecule has 0 aromatic heterocycles. The molecule has 3 aliphatic rings. The number of amides is 3. The molecule has 0 saturated carbocycles. The molecule has 2 saturated heterocycles. The van der Waals surface area contributed by atoms with Crippen molar-refractivity contribution < 1.29 is 19.1 Å². The third kappa shape index (κ3) is 4.42. The lowest BCUT2D eigenvalue weighted by Crippen LogP contribution is -2.52. The average Bonchev–Trinajstić information content (AvgIpc) is 3.20. The van der Waals surface area contributed by atoms with Crippen molar-refractivity contribution in [3.05, 3.63) is 53.1 Å². The van der Waals surface area contributed by atoms with Gasteiger partial charge in [0.1, 0.15) is 11.8 Å². The predicted octanol–water partition coefficient (Wildman–Crippen LogP) is 2.31. The molecule has 2 aromatic carbocycles. The van der Waals surface area contributed by atoms with E-state index >= 15 is 0 Å². The van der Waals surface area contributed by atoms with Gasteiger partial charge in [-0.25, -0.2) is 0 Å². The first-order valence-electron chi connectivity index (χ1n) is 11.9. The van der Waals surface area contributed by atoms with E-state index in [2.05, 4.69) is 22.1 Å². The summed E-state index contributed by atoms with van der Waals surface area (Å²) in [6.07, 6.45) is 2.62. The van der Waals surface area contributed by atoms with Gasteiger partial charge in [-0.3, -0.25) is 19.7 Å². The molecule has 5 rings (SSSR count). The molecule has 0 bridgehead atoms. The average molecular weight is 473 g/mol. The lowest BCUT2D eigenvalue weighted by atomic mass is 9.96. The Kier molecular flexibility index (Phi) is 6.08. The molecule has 0 radical (unpaired) electrons. The van der Waals surface area contributed by atoms with E-state index in [0.717, 1.165) is 42.7 Å². The van der Waals surface area contributed by atoms with Gasteiger partial charge in [0, 0.05) is 54.9 Å². The van der Waals surface area contributed by atoms with Crippen LogP contribution in [-0.4, -0.2) is 48.9 Å². The van der Waals surface area contributed by atoms with Gasteiger partial charge in [0.25, 0.3) is 5.91 Å². The fourth-order valence-electron chi connectivity index (χ4n) is 5.11. The van der Waals surface area contributed by atoms with Crippen LogP contribution in [0, 0.1) is 17.8 Å². The zero-order valence-electron chi connectivity index (χ0n) is 19.7. The highest BCUT2D eigenvalue weighted by molar-refractivity contribution is 6.05. The number of hydrogen-bond donors (Lipinski definition) is 2. The summed E-state index contributed by atoms with van der Waals surface area (Å²) in [5.41, 5.74) is 9.89. The number of imide groups is 1. The first-order valence-corrected chi connectivity index (χ1v) is 11.9. The Hall–Kier alpha value is -3.99. The van der Waals surface area contributed by atoms with Crippen molar-refractivity contribution in [1.29, 1.82) is 0 Å². The fraction of sp³-hybridized carbons (Fsp3) is 0.370. The second-order valence-electron chi connectivity index (χ2n) is 9.21. The Bertz CT molecular complexity index is 1260. The quantitative estimate of drug-likeness (QED) is 0.404. The van der Waals surface area contributed by atoms with E-state index in [9.17, 15) is 14.4 Å². The number of methoxy groups -OCH3 is 1. The summed E-state index contributed by atoms with van der Waals surface area (Å²) in [7, 11) is 1.62. The zero-order chi connectivity index (χ0) is 24.5. The Balaban J connectivity index is 1.33. The molecule has 180 valence electrons. The van der Waals surface area contributed by atoms with E-state index in [0.29, 0.717) is 30.0 Å². The zero-order valence-corrected chi connectivity index (χ0v) is 19.7. The highest BCUT2D eigenvalue weighted by Crippen LogP contribution is 2.31. The monoisotopic (exact) mass is 472 g/mol. The fourth-order valence-corrected chi connectivity index (χ4v) is 5.11. The third-order valence-electron chi connectivity index (χ3n) is 7.00. The SMILES string of the molecule is COc1cc(N2CCC[C@H](C#Cc3cccc4c3CN(C3CCC(=O)NC3=O)C4=O)C2)ccc1N. The number of benzene rings is 2. The van der Waals surface area contributed by atoms with Gasteiger partial charge in [-0.1, -0.05) is 17.9 Å². The largest absolute Gasteiger partial charge is 0.495 e. The number of nitrogens with one attached hydrogen (secondary N) is 1. The number of piperidine rings is 2. The second-order valence-corrected chi connectivity index (χ2v) is 9.21. The summed E-state index contributed by atoms with van der Waals surface area (Å²) in [5.74, 6) is 6.73. The second kappa shape index (κ2) is 9.34. The van der Waals surface area contributed by atoms with Crippen molar-refractivity contribution in [2.45, 2.75) is 38.3 Å². The van der Waals surface area contributed by atoms with Crippen molar-refractivity contribution >= 4 is 29.1 Å². The van der Waals surface area contributed by atoms with Crippen LogP contribution in [0.5, 0.6) is 5.75 Å². The summed E-state index contributed by atoms with van der Waals surface area (Å²) < 4.78 is 5.37. The number of anilines is 2. The number of carbonyl (C=O) groups excluding carboxylic acids is 3. The van der Waals surface area contributed by atoms with Gasteiger partial charge in [-0.2, -0.15) is 0 Å². The maximum atomic E-state index is 13.0. The first-order chi connectivity index (χ1) is 16.9. The summed E-state index contributed by atoms with van der Waals surface area (Å²) in [6, 6.07) is 10.8. The molecule has 2 atom stereocenters. The van der Waals surface area contributed by atoms with Crippen LogP contribution >= 0.6 is 0 Å². The van der Waals surface area contributed by atoms with E-state index in [-0.39, 0.29) is 24.2 Å². The lowest BCUT2D eigenvalue weighted by molar-refractivity contribution is -0.136. The number of hydrogen-bond acceptors (Lipinski definition) is 6. The summed E-state index contributed by atoms with van der Waals surface area (Å²) in [6.45, 7) is 2.07. The Labute approximate surface area is 204 Å². The number of carbonyl (C=O) groups is 3. The van der Waals surface area contributed by atoms with Crippen LogP contribution in [0.4, 0.5) is 11.4 Å². The van der Waals surface area contributed by atoms with Gasteiger partial charge in [-0.15, -0.1) is 0 Å². The van der Waals surface area contributed by atoms with Gasteiger partial charge >= 0.3 is 0 Å². The molecule has 2 aromatic rings. The smallest absolute Gasteiger partial charge is 0.255 e. The number of nitrogens with zero attached hydrogens (tertiary/aromatic N) is 2. The minimum Gasteiger partial charge on any atom is -0.495 e. The number of ether oxygens (including phenoxy) is 1. The van der Waals surface area contributed by atoms with Crippen LogP contribution < -0.4 is 20.7 Å². The number of rotatable bonds is 3. The number of nitrogen functional groups attached to an aromatic ring is 1. The van der Waals surface area contributed by atoms with Crippen LogP contribution in [0.25, 0.3) is 0 Å². The van der Waals surface area contributed by atoms with E-state index in [4.69, 9.17) is 10.5 Å². The maximum Gasteiger partial charge on any atom is 0.255 e. The molecule has 8 nitrogen and oxygen atoms in total. The Morgan fingerprint density at radius 3 is 2.80 bits per heavy atom. The van der Waals surface area contributed by atoms with Crippen LogP contribution in [0.3, 0.4) is 0 Å².